The fourth-order valence-corrected chi connectivity index (χ4v) is 4.40. The summed E-state index contributed by atoms with van der Waals surface area (Å²) in [6.45, 7) is 0. The third-order valence-electron chi connectivity index (χ3n) is 3.73. The first-order chi connectivity index (χ1) is 15.2. The van der Waals surface area contributed by atoms with Gasteiger partial charge in [0.25, 0.3) is 5.91 Å². The monoisotopic (exact) mass is 490 g/mol. The van der Waals surface area contributed by atoms with Crippen LogP contribution in [0.2, 0.25) is 0 Å². The number of nitriles is 1. The summed E-state index contributed by atoms with van der Waals surface area (Å²) in [6, 6.07) is 9.64. The number of ether oxygens (including phenoxy) is 2. The van der Waals surface area contributed by atoms with E-state index in [0.717, 1.165) is 6.26 Å². The van der Waals surface area contributed by atoms with E-state index in [9.17, 15) is 23.3 Å². The highest BCUT2D eigenvalue weighted by molar-refractivity contribution is 7.92. The Balaban J connectivity index is 1.79. The molecule has 0 saturated heterocycles. The molecule has 0 aliphatic heterocycles. The molecule has 0 bridgehead atoms. The third-order valence-corrected chi connectivity index (χ3v) is 7.09. The molecule has 164 valence electrons. The van der Waals surface area contributed by atoms with Crippen LogP contribution < -0.4 is 14.8 Å². The van der Waals surface area contributed by atoms with Crippen molar-refractivity contribution in [2.45, 2.75) is 4.34 Å². The van der Waals surface area contributed by atoms with E-state index in [0.29, 0.717) is 21.8 Å². The Hall–Kier alpha value is -3.60. The van der Waals surface area contributed by atoms with Crippen LogP contribution in [-0.4, -0.2) is 43.9 Å². The van der Waals surface area contributed by atoms with Crippen LogP contribution in [0.1, 0.15) is 15.2 Å². The van der Waals surface area contributed by atoms with Gasteiger partial charge in [-0.25, -0.2) is 13.2 Å². The van der Waals surface area contributed by atoms with Crippen molar-refractivity contribution >= 4 is 55.6 Å². The van der Waals surface area contributed by atoms with Gasteiger partial charge in [0.05, 0.1) is 7.11 Å². The summed E-state index contributed by atoms with van der Waals surface area (Å²) in [5, 5.41) is 20.5. The number of benzene rings is 1. The third kappa shape index (κ3) is 5.55. The summed E-state index contributed by atoms with van der Waals surface area (Å²) in [6.07, 6.45) is 2.26. The average molecular weight is 491 g/mol. The number of carbonyl (C=O) groups excluding carboxylic acids is 2. The largest absolute Gasteiger partial charge is 0.493 e. The van der Waals surface area contributed by atoms with Crippen LogP contribution in [-0.2, 0) is 14.6 Å². The molecule has 0 radical (unpaired) electrons. The number of sulfone groups is 1. The first-order valence-electron chi connectivity index (χ1n) is 8.61. The molecule has 1 aromatic carbocycles. The van der Waals surface area contributed by atoms with Crippen molar-refractivity contribution in [3.63, 3.8) is 0 Å². The fourth-order valence-electron chi connectivity index (χ4n) is 2.29. The maximum absolute atomic E-state index is 12.4. The van der Waals surface area contributed by atoms with Crippen molar-refractivity contribution in [1.82, 2.24) is 10.2 Å². The number of hydrogen-bond acceptors (Lipinski definition) is 11. The number of carbonyl (C=O) groups is 2. The minimum atomic E-state index is -3.56. The van der Waals surface area contributed by atoms with E-state index in [1.165, 1.54) is 42.7 Å². The number of amides is 1. The molecule has 0 spiro atoms. The maximum Gasteiger partial charge on any atom is 0.353 e. The smallest absolute Gasteiger partial charge is 0.353 e. The molecule has 10 nitrogen and oxygen atoms in total. The van der Waals surface area contributed by atoms with Crippen molar-refractivity contribution in [3.05, 3.63) is 51.7 Å². The highest BCUT2D eigenvalue weighted by Crippen LogP contribution is 2.30. The number of nitrogens with zero attached hydrogens (tertiary/aromatic N) is 3. The van der Waals surface area contributed by atoms with Gasteiger partial charge in [-0.15, -0.1) is 21.5 Å². The van der Waals surface area contributed by atoms with Crippen LogP contribution in [0.25, 0.3) is 6.08 Å². The Bertz CT molecular complexity index is 1340. The van der Waals surface area contributed by atoms with E-state index in [1.54, 1.807) is 23.6 Å². The van der Waals surface area contributed by atoms with Crippen LogP contribution in [0.15, 0.2) is 45.6 Å². The topological polar surface area (TPSA) is 148 Å². The molecule has 2 heterocycles. The normalized spacial score (nSPS) is 11.5. The average Bonchev–Trinajstić information content (AvgIpc) is 3.44. The molecular formula is C19H14N4O6S3. The fraction of sp³-hybridized carbons (Fsp3) is 0.105. The second-order valence-electron chi connectivity index (χ2n) is 6.05. The van der Waals surface area contributed by atoms with E-state index in [1.807, 2.05) is 0 Å². The molecule has 0 unspecified atom stereocenters. The Labute approximate surface area is 190 Å². The van der Waals surface area contributed by atoms with Gasteiger partial charge in [-0.3, -0.25) is 10.1 Å². The number of hydrogen-bond donors (Lipinski definition) is 1. The number of nitrogens with one attached hydrogen (secondary N) is 1. The van der Waals surface area contributed by atoms with Gasteiger partial charge in [-0.1, -0.05) is 23.5 Å². The summed E-state index contributed by atoms with van der Waals surface area (Å²) in [4.78, 5) is 25.0. The van der Waals surface area contributed by atoms with E-state index in [-0.39, 0.29) is 26.5 Å². The molecule has 2 aromatic heterocycles. The van der Waals surface area contributed by atoms with Crippen LogP contribution in [0.3, 0.4) is 0 Å². The number of anilines is 1. The summed E-state index contributed by atoms with van der Waals surface area (Å²) < 4.78 is 33.3. The predicted octanol–water partition coefficient (Wildman–Crippen LogP) is 2.78. The Morgan fingerprint density at radius 2 is 2.00 bits per heavy atom. The standard InChI is InChI=1S/C19H14N4O6S3/c1-28-14-9-11(5-6-13(14)29-17(25)15-4-3-7-30-15)8-12(10-20)16(24)21-18-22-23-19(31-18)32(2,26)27/h3-9H,1-2H3,(H,21,22,24). The van der Waals surface area contributed by atoms with Crippen LogP contribution in [0.5, 0.6) is 11.5 Å². The first kappa shape index (κ1) is 23.1. The van der Waals surface area contributed by atoms with Gasteiger partial charge in [0.15, 0.2) is 11.5 Å². The highest BCUT2D eigenvalue weighted by Gasteiger charge is 2.18. The summed E-state index contributed by atoms with van der Waals surface area (Å²) in [7, 11) is -2.18. The molecular weight excluding hydrogens is 476 g/mol. The van der Waals surface area contributed by atoms with Gasteiger partial charge >= 0.3 is 5.97 Å². The van der Waals surface area contributed by atoms with Gasteiger partial charge < -0.3 is 9.47 Å². The molecule has 3 aromatic rings. The van der Waals surface area contributed by atoms with Crippen LogP contribution in [0, 0.1) is 11.3 Å². The van der Waals surface area contributed by atoms with E-state index < -0.39 is 21.7 Å². The van der Waals surface area contributed by atoms with Gasteiger partial charge in [0.2, 0.25) is 19.3 Å². The van der Waals surface area contributed by atoms with Crippen LogP contribution >= 0.6 is 22.7 Å². The zero-order chi connectivity index (χ0) is 23.3. The van der Waals surface area contributed by atoms with Crippen molar-refractivity contribution in [1.29, 1.82) is 5.26 Å². The minimum absolute atomic E-state index is 0.0648. The number of thiophene rings is 1. The zero-order valence-electron chi connectivity index (χ0n) is 16.6. The quantitative estimate of drug-likeness (QED) is 0.173. The van der Waals surface area contributed by atoms with Crippen molar-refractivity contribution in [2.75, 3.05) is 18.7 Å². The molecule has 0 aliphatic rings. The summed E-state index contributed by atoms with van der Waals surface area (Å²) >= 11 is 1.91. The molecule has 13 heteroatoms. The lowest BCUT2D eigenvalue weighted by Crippen LogP contribution is -2.13. The summed E-state index contributed by atoms with van der Waals surface area (Å²) in [5.74, 6) is -0.934. The molecule has 32 heavy (non-hydrogen) atoms. The zero-order valence-corrected chi connectivity index (χ0v) is 19.0. The molecule has 0 saturated carbocycles. The Kier molecular flexibility index (Phi) is 6.98. The number of esters is 1. The van der Waals surface area contributed by atoms with Crippen molar-refractivity contribution < 1.29 is 27.5 Å². The van der Waals surface area contributed by atoms with E-state index in [2.05, 4.69) is 15.5 Å². The predicted molar refractivity (Wildman–Crippen MR) is 118 cm³/mol. The van der Waals surface area contributed by atoms with Gasteiger partial charge in [0, 0.05) is 6.26 Å². The van der Waals surface area contributed by atoms with E-state index in [4.69, 9.17) is 9.47 Å². The Morgan fingerprint density at radius 1 is 1.22 bits per heavy atom. The molecule has 0 aliphatic carbocycles. The van der Waals surface area contributed by atoms with Gasteiger partial charge in [0.1, 0.15) is 16.5 Å². The molecule has 0 atom stereocenters. The van der Waals surface area contributed by atoms with Gasteiger partial charge in [-0.2, -0.15) is 5.26 Å². The second kappa shape index (κ2) is 9.69. The van der Waals surface area contributed by atoms with Crippen LogP contribution in [0.4, 0.5) is 5.13 Å². The number of aromatic nitrogens is 2. The molecule has 3 rings (SSSR count). The minimum Gasteiger partial charge on any atom is -0.493 e. The number of rotatable bonds is 7. The Morgan fingerprint density at radius 3 is 2.59 bits per heavy atom. The lowest BCUT2D eigenvalue weighted by Gasteiger charge is -2.09. The lowest BCUT2D eigenvalue weighted by atomic mass is 10.1. The second-order valence-corrected chi connectivity index (χ2v) is 10.2. The molecule has 1 amide bonds. The van der Waals surface area contributed by atoms with Crippen molar-refractivity contribution in [3.8, 4) is 17.6 Å². The number of methoxy groups -OCH3 is 1. The lowest BCUT2D eigenvalue weighted by molar-refractivity contribution is -0.112. The summed E-state index contributed by atoms with van der Waals surface area (Å²) in [5.41, 5.74) is 0.157. The highest BCUT2D eigenvalue weighted by atomic mass is 32.2. The first-order valence-corrected chi connectivity index (χ1v) is 12.2. The van der Waals surface area contributed by atoms with Crippen molar-refractivity contribution in [2.24, 2.45) is 0 Å². The SMILES string of the molecule is COc1cc(C=C(C#N)C(=O)Nc2nnc(S(C)(=O)=O)s2)ccc1OC(=O)c1cccs1. The molecule has 0 fully saturated rings. The maximum atomic E-state index is 12.4. The van der Waals surface area contributed by atoms with E-state index >= 15 is 0 Å². The molecule has 1 N–H and O–H groups in total. The van der Waals surface area contributed by atoms with Gasteiger partial charge in [-0.05, 0) is 35.2 Å².